The van der Waals surface area contributed by atoms with Crippen molar-refractivity contribution in [2.24, 2.45) is 0 Å². The van der Waals surface area contributed by atoms with Crippen LogP contribution in [0.15, 0.2) is 40.2 Å². The SMILES string of the molecule is COc1cc(-c2cc3c(s2)c(=O)n(-c2cncc(Cl)c2C)c(=O)n3CCC#N)c(Cl)cc1F. The van der Waals surface area contributed by atoms with Crippen LogP contribution >= 0.6 is 34.5 Å². The Hall–Kier alpha value is -3.19. The molecular weight excluding hydrogens is 490 g/mol. The van der Waals surface area contributed by atoms with E-state index in [-0.39, 0.29) is 34.1 Å². The third kappa shape index (κ3) is 3.91. The highest BCUT2D eigenvalue weighted by molar-refractivity contribution is 7.22. The molecule has 168 valence electrons. The van der Waals surface area contributed by atoms with Crippen molar-refractivity contribution in [3.8, 4) is 27.9 Å². The van der Waals surface area contributed by atoms with Crippen LogP contribution in [0.5, 0.6) is 5.75 Å². The van der Waals surface area contributed by atoms with Gasteiger partial charge in [0.25, 0.3) is 5.56 Å². The topological polar surface area (TPSA) is 89.9 Å². The van der Waals surface area contributed by atoms with E-state index in [1.165, 1.54) is 30.1 Å². The zero-order valence-corrected chi connectivity index (χ0v) is 19.7. The maximum absolute atomic E-state index is 14.0. The summed E-state index contributed by atoms with van der Waals surface area (Å²) >= 11 is 13.5. The Morgan fingerprint density at radius 2 is 1.97 bits per heavy atom. The van der Waals surface area contributed by atoms with Crippen molar-refractivity contribution in [1.82, 2.24) is 14.1 Å². The molecule has 11 heteroatoms. The van der Waals surface area contributed by atoms with E-state index < -0.39 is 17.1 Å². The summed E-state index contributed by atoms with van der Waals surface area (Å²) in [7, 11) is 1.33. The lowest BCUT2D eigenvalue weighted by Crippen LogP contribution is -2.39. The van der Waals surface area contributed by atoms with Crippen LogP contribution in [-0.4, -0.2) is 21.2 Å². The fraction of sp³-hybridized carbons (Fsp3) is 0.182. The number of rotatable bonds is 5. The monoisotopic (exact) mass is 504 g/mol. The van der Waals surface area contributed by atoms with Gasteiger partial charge in [0.1, 0.15) is 4.70 Å². The van der Waals surface area contributed by atoms with Gasteiger partial charge < -0.3 is 4.74 Å². The standard InChI is InChI=1S/C22H15Cl2FN4O3S/c1-11-14(24)9-27-10-17(11)29-21(30)20-16(28(22(29)31)5-3-4-26)8-19(33-20)12-6-18(32-2)15(25)7-13(12)23/h6-10H,3,5H2,1-2H3. The lowest BCUT2D eigenvalue weighted by Gasteiger charge is -2.13. The van der Waals surface area contributed by atoms with Crippen LogP contribution in [0, 0.1) is 24.1 Å². The molecule has 3 heterocycles. The molecule has 0 aliphatic carbocycles. The summed E-state index contributed by atoms with van der Waals surface area (Å²) in [5.41, 5.74) is 0.381. The zero-order valence-electron chi connectivity index (χ0n) is 17.4. The van der Waals surface area contributed by atoms with Gasteiger partial charge in [-0.05, 0) is 30.7 Å². The van der Waals surface area contributed by atoms with Crippen molar-refractivity contribution in [3.05, 3.63) is 72.9 Å². The van der Waals surface area contributed by atoms with E-state index >= 15 is 0 Å². The predicted octanol–water partition coefficient (Wildman–Crippen LogP) is 4.95. The Labute approximate surface area is 200 Å². The number of methoxy groups -OCH3 is 1. The molecule has 0 fully saturated rings. The van der Waals surface area contributed by atoms with Crippen LogP contribution < -0.4 is 16.0 Å². The molecule has 0 spiro atoms. The first-order valence-electron chi connectivity index (χ1n) is 9.58. The molecule has 0 atom stereocenters. The van der Waals surface area contributed by atoms with Gasteiger partial charge in [0, 0.05) is 23.2 Å². The van der Waals surface area contributed by atoms with Crippen molar-refractivity contribution in [1.29, 1.82) is 5.26 Å². The highest BCUT2D eigenvalue weighted by atomic mass is 35.5. The van der Waals surface area contributed by atoms with Crippen molar-refractivity contribution in [2.45, 2.75) is 19.9 Å². The Morgan fingerprint density at radius 3 is 2.67 bits per heavy atom. The quantitative estimate of drug-likeness (QED) is 0.383. The molecule has 0 saturated carbocycles. The molecule has 7 nitrogen and oxygen atoms in total. The smallest absolute Gasteiger partial charge is 0.336 e. The summed E-state index contributed by atoms with van der Waals surface area (Å²) in [4.78, 5) is 31.4. The number of fused-ring (bicyclic) bond motifs is 1. The van der Waals surface area contributed by atoms with Gasteiger partial charge in [-0.1, -0.05) is 23.2 Å². The molecule has 4 rings (SSSR count). The van der Waals surface area contributed by atoms with Gasteiger partial charge >= 0.3 is 5.69 Å². The first-order valence-corrected chi connectivity index (χ1v) is 11.2. The maximum Gasteiger partial charge on any atom is 0.336 e. The minimum atomic E-state index is -0.623. The van der Waals surface area contributed by atoms with Gasteiger partial charge in [-0.3, -0.25) is 14.3 Å². The molecule has 1 aromatic carbocycles. The summed E-state index contributed by atoms with van der Waals surface area (Å²) in [6, 6.07) is 6.21. The van der Waals surface area contributed by atoms with Crippen LogP contribution in [0.3, 0.4) is 0 Å². The van der Waals surface area contributed by atoms with E-state index in [9.17, 15) is 14.0 Å². The summed E-state index contributed by atoms with van der Waals surface area (Å²) in [6.07, 6.45) is 2.86. The van der Waals surface area contributed by atoms with Gasteiger partial charge in [-0.2, -0.15) is 5.26 Å². The average molecular weight is 505 g/mol. The van der Waals surface area contributed by atoms with Crippen LogP contribution in [-0.2, 0) is 6.54 Å². The molecule has 0 amide bonds. The minimum absolute atomic E-state index is 0.00763. The van der Waals surface area contributed by atoms with E-state index in [1.807, 2.05) is 6.07 Å². The molecular formula is C22H15Cl2FN4O3S. The summed E-state index contributed by atoms with van der Waals surface area (Å²) in [6.45, 7) is 1.75. The summed E-state index contributed by atoms with van der Waals surface area (Å²) in [5.74, 6) is -0.628. The fourth-order valence-corrected chi connectivity index (χ4v) is 5.04. The van der Waals surface area contributed by atoms with Gasteiger partial charge in [0.15, 0.2) is 11.6 Å². The molecule has 3 aromatic heterocycles. The first kappa shape index (κ1) is 23.0. The van der Waals surface area contributed by atoms with Crippen molar-refractivity contribution in [3.63, 3.8) is 0 Å². The highest BCUT2D eigenvalue weighted by Crippen LogP contribution is 2.39. The van der Waals surface area contributed by atoms with Crippen LogP contribution in [0.1, 0.15) is 12.0 Å². The molecule has 33 heavy (non-hydrogen) atoms. The molecule has 4 aromatic rings. The first-order chi connectivity index (χ1) is 15.8. The van der Waals surface area contributed by atoms with E-state index in [2.05, 4.69) is 4.98 Å². The second kappa shape index (κ2) is 8.98. The van der Waals surface area contributed by atoms with E-state index in [0.717, 1.165) is 22.0 Å². The van der Waals surface area contributed by atoms with Gasteiger partial charge in [0.2, 0.25) is 0 Å². The third-order valence-electron chi connectivity index (χ3n) is 5.15. The predicted molar refractivity (Wildman–Crippen MR) is 126 cm³/mol. The molecule has 0 aliphatic rings. The lowest BCUT2D eigenvalue weighted by atomic mass is 10.1. The highest BCUT2D eigenvalue weighted by Gasteiger charge is 2.21. The Morgan fingerprint density at radius 1 is 1.21 bits per heavy atom. The number of ether oxygens (including phenoxy) is 1. The Balaban J connectivity index is 2.07. The molecule has 0 bridgehead atoms. The number of nitriles is 1. The largest absolute Gasteiger partial charge is 0.494 e. The average Bonchev–Trinajstić information content (AvgIpc) is 3.22. The van der Waals surface area contributed by atoms with Crippen molar-refractivity contribution in [2.75, 3.05) is 7.11 Å². The Kier molecular flexibility index (Phi) is 6.26. The number of hydrogen-bond acceptors (Lipinski definition) is 6. The molecule has 0 radical (unpaired) electrons. The molecule has 0 aliphatic heterocycles. The number of pyridine rings is 1. The minimum Gasteiger partial charge on any atom is -0.494 e. The van der Waals surface area contributed by atoms with Gasteiger partial charge in [-0.25, -0.2) is 13.8 Å². The third-order valence-corrected chi connectivity index (χ3v) is 6.98. The van der Waals surface area contributed by atoms with Crippen molar-refractivity contribution >= 4 is 44.8 Å². The fourth-order valence-electron chi connectivity index (χ4n) is 3.46. The van der Waals surface area contributed by atoms with Crippen molar-refractivity contribution < 1.29 is 9.13 Å². The molecule has 0 unspecified atom stereocenters. The molecule has 0 N–H and O–H groups in total. The lowest BCUT2D eigenvalue weighted by molar-refractivity contribution is 0.387. The summed E-state index contributed by atoms with van der Waals surface area (Å²) in [5, 5.41) is 9.52. The number of thiophene rings is 1. The van der Waals surface area contributed by atoms with E-state index in [0.29, 0.717) is 26.5 Å². The number of benzene rings is 1. The number of nitrogens with zero attached hydrogens (tertiary/aromatic N) is 4. The number of aromatic nitrogens is 3. The molecule has 0 saturated heterocycles. The van der Waals surface area contributed by atoms with Gasteiger partial charge in [-0.15, -0.1) is 11.3 Å². The van der Waals surface area contributed by atoms with Gasteiger partial charge in [0.05, 0.1) is 47.0 Å². The number of aryl methyl sites for hydroxylation is 1. The summed E-state index contributed by atoms with van der Waals surface area (Å²) < 4.78 is 21.7. The van der Waals surface area contributed by atoms with Crippen LogP contribution in [0.25, 0.3) is 26.3 Å². The normalized spacial score (nSPS) is 11.0. The Bertz CT molecular complexity index is 1570. The second-order valence-electron chi connectivity index (χ2n) is 7.04. The second-order valence-corrected chi connectivity index (χ2v) is 8.91. The number of halogens is 3. The zero-order chi connectivity index (χ0) is 23.9. The van der Waals surface area contributed by atoms with E-state index in [1.54, 1.807) is 13.0 Å². The maximum atomic E-state index is 14.0. The van der Waals surface area contributed by atoms with E-state index in [4.69, 9.17) is 33.2 Å². The van der Waals surface area contributed by atoms with Crippen LogP contribution in [0.2, 0.25) is 10.0 Å². The van der Waals surface area contributed by atoms with Crippen LogP contribution in [0.4, 0.5) is 4.39 Å². The number of hydrogen-bond donors (Lipinski definition) is 0.